The fraction of sp³-hybridized carbons (Fsp3) is 0.438. The minimum absolute atomic E-state index is 0.0118. The quantitative estimate of drug-likeness (QED) is 0.810. The second-order valence-corrected chi connectivity index (χ2v) is 4.36. The highest BCUT2D eigenvalue weighted by Gasteiger charge is 2.08. The maximum absolute atomic E-state index is 14.0. The number of hydrogen-bond acceptors (Lipinski definition) is 3. The highest BCUT2D eigenvalue weighted by molar-refractivity contribution is 5.37. The Morgan fingerprint density at radius 1 is 1.35 bits per heavy atom. The second kappa shape index (κ2) is 9.09. The molecule has 4 heteroatoms. The van der Waals surface area contributed by atoms with Crippen LogP contribution in [-0.4, -0.2) is 29.7 Å². The van der Waals surface area contributed by atoms with Gasteiger partial charge in [0.15, 0.2) is 0 Å². The molecule has 0 aliphatic heterocycles. The van der Waals surface area contributed by atoms with E-state index in [9.17, 15) is 4.39 Å². The first-order valence-electron chi connectivity index (χ1n) is 6.68. The number of nitrogens with zero attached hydrogens (tertiary/aromatic N) is 2. The zero-order chi connectivity index (χ0) is 14.8. The molecule has 1 rings (SSSR count). The maximum Gasteiger partial charge on any atom is 0.128 e. The van der Waals surface area contributed by atoms with Crippen LogP contribution in [-0.2, 0) is 6.54 Å². The number of hydrogen-bond donors (Lipinski definition) is 1. The number of halogens is 1. The molecule has 20 heavy (non-hydrogen) atoms. The van der Waals surface area contributed by atoms with Gasteiger partial charge in [-0.15, -0.1) is 0 Å². The van der Waals surface area contributed by atoms with Gasteiger partial charge in [0, 0.05) is 37.1 Å². The second-order valence-electron chi connectivity index (χ2n) is 4.36. The molecular weight excluding hydrogens is 255 g/mol. The molecule has 0 heterocycles. The summed E-state index contributed by atoms with van der Waals surface area (Å²) in [6.07, 6.45) is 0.835. The summed E-state index contributed by atoms with van der Waals surface area (Å²) in [6, 6.07) is 7.02. The SMILES string of the molecule is CCN(CCC#N)Cc1ccc(C#CCCO)cc1F. The highest BCUT2D eigenvalue weighted by atomic mass is 19.1. The van der Waals surface area contributed by atoms with Crippen molar-refractivity contribution in [1.82, 2.24) is 4.90 Å². The van der Waals surface area contributed by atoms with E-state index in [0.717, 1.165) is 6.54 Å². The number of aliphatic hydroxyl groups is 1. The van der Waals surface area contributed by atoms with Crippen LogP contribution in [0.25, 0.3) is 0 Å². The molecule has 0 unspecified atom stereocenters. The number of benzene rings is 1. The third kappa shape index (κ3) is 5.40. The lowest BCUT2D eigenvalue weighted by molar-refractivity contribution is 0.282. The Labute approximate surface area is 119 Å². The van der Waals surface area contributed by atoms with Crippen LogP contribution < -0.4 is 0 Å². The van der Waals surface area contributed by atoms with Crippen LogP contribution >= 0.6 is 0 Å². The third-order valence-electron chi connectivity index (χ3n) is 2.90. The molecule has 106 valence electrons. The van der Waals surface area contributed by atoms with Crippen molar-refractivity contribution in [3.05, 3.63) is 35.1 Å². The molecule has 0 saturated carbocycles. The normalized spacial score (nSPS) is 9.95. The molecule has 1 aromatic carbocycles. The average Bonchev–Trinajstić information content (AvgIpc) is 2.46. The molecule has 0 bridgehead atoms. The van der Waals surface area contributed by atoms with E-state index in [1.807, 2.05) is 11.8 Å². The molecule has 0 saturated heterocycles. The van der Waals surface area contributed by atoms with E-state index in [0.29, 0.717) is 37.1 Å². The van der Waals surface area contributed by atoms with Gasteiger partial charge in [-0.25, -0.2) is 4.39 Å². The Morgan fingerprint density at radius 3 is 2.75 bits per heavy atom. The van der Waals surface area contributed by atoms with Gasteiger partial charge in [0.05, 0.1) is 12.7 Å². The van der Waals surface area contributed by atoms with Crippen molar-refractivity contribution >= 4 is 0 Å². The van der Waals surface area contributed by atoms with Gasteiger partial charge in [-0.3, -0.25) is 4.90 Å². The fourth-order valence-corrected chi connectivity index (χ4v) is 1.77. The topological polar surface area (TPSA) is 47.3 Å². The summed E-state index contributed by atoms with van der Waals surface area (Å²) in [5.41, 5.74) is 1.22. The van der Waals surface area contributed by atoms with Gasteiger partial charge in [-0.2, -0.15) is 5.26 Å². The summed E-state index contributed by atoms with van der Waals surface area (Å²) < 4.78 is 14.0. The van der Waals surface area contributed by atoms with Crippen LogP contribution in [0, 0.1) is 29.0 Å². The number of rotatable bonds is 6. The van der Waals surface area contributed by atoms with Crippen molar-refractivity contribution in [3.8, 4) is 17.9 Å². The molecule has 0 aliphatic rings. The van der Waals surface area contributed by atoms with E-state index >= 15 is 0 Å². The molecule has 0 atom stereocenters. The number of aliphatic hydroxyl groups excluding tert-OH is 1. The van der Waals surface area contributed by atoms with Crippen molar-refractivity contribution in [2.45, 2.75) is 26.3 Å². The van der Waals surface area contributed by atoms with Crippen molar-refractivity contribution in [1.29, 1.82) is 5.26 Å². The largest absolute Gasteiger partial charge is 0.395 e. The van der Waals surface area contributed by atoms with E-state index < -0.39 is 0 Å². The standard InChI is InChI=1S/C16H19FN2O/c1-2-19(10-5-9-18)13-15-8-7-14(12-16(15)17)6-3-4-11-20/h7-8,12,20H,2,4-5,10-11,13H2,1H3. The minimum Gasteiger partial charge on any atom is -0.395 e. The van der Waals surface area contributed by atoms with E-state index in [4.69, 9.17) is 10.4 Å². The third-order valence-corrected chi connectivity index (χ3v) is 2.90. The summed E-state index contributed by atoms with van der Waals surface area (Å²) in [7, 11) is 0. The van der Waals surface area contributed by atoms with Gasteiger partial charge in [-0.05, 0) is 18.7 Å². The minimum atomic E-state index is -0.281. The molecule has 1 N–H and O–H groups in total. The predicted octanol–water partition coefficient (Wildman–Crippen LogP) is 2.30. The summed E-state index contributed by atoms with van der Waals surface area (Å²) in [6.45, 7) is 3.92. The molecule has 3 nitrogen and oxygen atoms in total. The molecule has 1 aromatic rings. The van der Waals surface area contributed by atoms with Crippen LogP contribution in [0.3, 0.4) is 0 Å². The highest BCUT2D eigenvalue weighted by Crippen LogP contribution is 2.13. The lowest BCUT2D eigenvalue weighted by Crippen LogP contribution is -2.24. The Bertz CT molecular complexity index is 526. The molecule has 0 radical (unpaired) electrons. The zero-order valence-electron chi connectivity index (χ0n) is 11.7. The molecule has 0 spiro atoms. The molecule has 0 fully saturated rings. The summed E-state index contributed by atoms with van der Waals surface area (Å²) in [5, 5.41) is 17.2. The summed E-state index contributed by atoms with van der Waals surface area (Å²) in [4.78, 5) is 2.03. The van der Waals surface area contributed by atoms with Crippen LogP contribution in [0.1, 0.15) is 30.9 Å². The lowest BCUT2D eigenvalue weighted by Gasteiger charge is -2.19. The van der Waals surface area contributed by atoms with Crippen LogP contribution in [0.4, 0.5) is 4.39 Å². The summed E-state index contributed by atoms with van der Waals surface area (Å²) in [5.74, 6) is 5.29. The number of nitriles is 1. The van der Waals surface area contributed by atoms with E-state index in [1.54, 1.807) is 12.1 Å². The van der Waals surface area contributed by atoms with Gasteiger partial charge >= 0.3 is 0 Å². The molecular formula is C16H19FN2O. The van der Waals surface area contributed by atoms with E-state index in [2.05, 4.69) is 17.9 Å². The summed E-state index contributed by atoms with van der Waals surface area (Å²) >= 11 is 0. The van der Waals surface area contributed by atoms with E-state index in [-0.39, 0.29) is 12.4 Å². The van der Waals surface area contributed by atoms with Crippen LogP contribution in [0.5, 0.6) is 0 Å². The van der Waals surface area contributed by atoms with Gasteiger partial charge in [-0.1, -0.05) is 24.8 Å². The van der Waals surface area contributed by atoms with Crippen molar-refractivity contribution < 1.29 is 9.50 Å². The average molecular weight is 274 g/mol. The molecule has 0 aromatic heterocycles. The predicted molar refractivity (Wildman–Crippen MR) is 76.2 cm³/mol. The van der Waals surface area contributed by atoms with Crippen molar-refractivity contribution in [2.75, 3.05) is 19.7 Å². The lowest BCUT2D eigenvalue weighted by atomic mass is 10.1. The maximum atomic E-state index is 14.0. The van der Waals surface area contributed by atoms with Crippen LogP contribution in [0.15, 0.2) is 18.2 Å². The first kappa shape index (κ1) is 16.2. The Morgan fingerprint density at radius 2 is 2.15 bits per heavy atom. The zero-order valence-corrected chi connectivity index (χ0v) is 11.7. The van der Waals surface area contributed by atoms with Gasteiger partial charge in [0.25, 0.3) is 0 Å². The van der Waals surface area contributed by atoms with E-state index in [1.165, 1.54) is 6.07 Å². The Hall–Kier alpha value is -1.88. The Kier molecular flexibility index (Phi) is 7.35. The van der Waals surface area contributed by atoms with Crippen LogP contribution in [0.2, 0.25) is 0 Å². The van der Waals surface area contributed by atoms with Crippen molar-refractivity contribution in [2.24, 2.45) is 0 Å². The molecule has 0 amide bonds. The first-order chi connectivity index (χ1) is 9.71. The Balaban J connectivity index is 2.73. The van der Waals surface area contributed by atoms with Crippen molar-refractivity contribution in [3.63, 3.8) is 0 Å². The first-order valence-corrected chi connectivity index (χ1v) is 6.68. The fourth-order valence-electron chi connectivity index (χ4n) is 1.77. The smallest absolute Gasteiger partial charge is 0.128 e. The molecule has 0 aliphatic carbocycles. The monoisotopic (exact) mass is 274 g/mol. The van der Waals surface area contributed by atoms with Gasteiger partial charge in [0.2, 0.25) is 0 Å². The van der Waals surface area contributed by atoms with Gasteiger partial charge in [0.1, 0.15) is 5.82 Å². The van der Waals surface area contributed by atoms with Gasteiger partial charge < -0.3 is 5.11 Å².